The van der Waals surface area contributed by atoms with E-state index in [2.05, 4.69) is 28.9 Å². The molecule has 1 amide bonds. The lowest BCUT2D eigenvalue weighted by Crippen LogP contribution is -2.50. The number of rotatable bonds is 4. The zero-order chi connectivity index (χ0) is 16.0. The quantitative estimate of drug-likeness (QED) is 0.883. The summed E-state index contributed by atoms with van der Waals surface area (Å²) in [5.41, 5.74) is 7.48. The highest BCUT2D eigenvalue weighted by Gasteiger charge is 2.57. The number of nitrogens with two attached hydrogens (primary N) is 1. The first kappa shape index (κ1) is 15.5. The molecule has 122 valence electrons. The van der Waals surface area contributed by atoms with E-state index in [0.717, 1.165) is 38.0 Å². The van der Waals surface area contributed by atoms with Gasteiger partial charge in [-0.1, -0.05) is 0 Å². The number of aromatic nitrogens is 2. The molecule has 3 heterocycles. The molecule has 0 saturated carbocycles. The Balaban J connectivity index is 1.87. The summed E-state index contributed by atoms with van der Waals surface area (Å²) < 4.78 is 6.21. The molecule has 2 aliphatic heterocycles. The standard InChI is InChI=1S/C16H26N4O2/c1-11-12(8-18-19-11)9-20-6-4-5-16(20)10-15(2,3)22-13(16)7-14(17)21/h8,13H,4-7,9-10H2,1-3H3,(H2,17,21)(H,18,19)/t13-,16+/m0/s1. The molecule has 2 fully saturated rings. The number of H-pyrrole nitrogens is 1. The molecule has 2 aliphatic rings. The second kappa shape index (κ2) is 5.35. The molecule has 0 bridgehead atoms. The minimum absolute atomic E-state index is 0.0811. The van der Waals surface area contributed by atoms with Crippen LogP contribution in [0.4, 0.5) is 0 Å². The molecule has 0 radical (unpaired) electrons. The Bertz CT molecular complexity index is 568. The van der Waals surface area contributed by atoms with Crippen molar-refractivity contribution in [2.75, 3.05) is 6.54 Å². The molecule has 22 heavy (non-hydrogen) atoms. The highest BCUT2D eigenvalue weighted by molar-refractivity contribution is 5.74. The monoisotopic (exact) mass is 306 g/mol. The van der Waals surface area contributed by atoms with Crippen molar-refractivity contribution in [1.82, 2.24) is 15.1 Å². The van der Waals surface area contributed by atoms with Crippen LogP contribution in [-0.4, -0.2) is 44.8 Å². The van der Waals surface area contributed by atoms with Gasteiger partial charge in [0.1, 0.15) is 0 Å². The number of amides is 1. The SMILES string of the molecule is Cc1[nH]ncc1CN1CCC[C@]12CC(C)(C)O[C@H]2CC(N)=O. The number of ether oxygens (including phenoxy) is 1. The Morgan fingerprint density at radius 3 is 3.00 bits per heavy atom. The van der Waals surface area contributed by atoms with Crippen molar-refractivity contribution < 1.29 is 9.53 Å². The Morgan fingerprint density at radius 2 is 2.36 bits per heavy atom. The van der Waals surface area contributed by atoms with Gasteiger partial charge >= 0.3 is 0 Å². The summed E-state index contributed by atoms with van der Waals surface area (Å²) in [4.78, 5) is 14.0. The van der Waals surface area contributed by atoms with Gasteiger partial charge in [0.25, 0.3) is 0 Å². The largest absolute Gasteiger partial charge is 0.370 e. The predicted molar refractivity (Wildman–Crippen MR) is 83.1 cm³/mol. The van der Waals surface area contributed by atoms with Crippen molar-refractivity contribution in [2.45, 2.75) is 70.2 Å². The van der Waals surface area contributed by atoms with Gasteiger partial charge in [0.15, 0.2) is 0 Å². The molecular formula is C16H26N4O2. The fourth-order valence-electron chi connectivity index (χ4n) is 4.30. The highest BCUT2D eigenvalue weighted by Crippen LogP contribution is 2.49. The predicted octanol–water partition coefficient (Wildman–Crippen LogP) is 1.50. The van der Waals surface area contributed by atoms with Crippen LogP contribution in [0.25, 0.3) is 0 Å². The first-order valence-corrected chi connectivity index (χ1v) is 8.02. The van der Waals surface area contributed by atoms with Gasteiger partial charge in [-0.25, -0.2) is 0 Å². The molecule has 3 rings (SSSR count). The third kappa shape index (κ3) is 2.65. The third-order valence-corrected chi connectivity index (χ3v) is 5.14. The number of primary amides is 1. The lowest BCUT2D eigenvalue weighted by atomic mass is 9.82. The normalized spacial score (nSPS) is 31.1. The van der Waals surface area contributed by atoms with Gasteiger partial charge in [0.2, 0.25) is 5.91 Å². The van der Waals surface area contributed by atoms with E-state index in [9.17, 15) is 4.79 Å². The molecule has 0 unspecified atom stereocenters. The fraction of sp³-hybridized carbons (Fsp3) is 0.750. The molecular weight excluding hydrogens is 280 g/mol. The van der Waals surface area contributed by atoms with Gasteiger partial charge < -0.3 is 10.5 Å². The van der Waals surface area contributed by atoms with Gasteiger partial charge in [-0.3, -0.25) is 14.8 Å². The first-order chi connectivity index (χ1) is 10.3. The Kier molecular flexibility index (Phi) is 3.77. The van der Waals surface area contributed by atoms with Crippen LogP contribution in [0.2, 0.25) is 0 Å². The maximum Gasteiger partial charge on any atom is 0.220 e. The second-order valence-corrected chi connectivity index (χ2v) is 7.36. The van der Waals surface area contributed by atoms with Crippen LogP contribution in [0.3, 0.4) is 0 Å². The third-order valence-electron chi connectivity index (χ3n) is 5.14. The number of hydrogen-bond donors (Lipinski definition) is 2. The summed E-state index contributed by atoms with van der Waals surface area (Å²) in [6.45, 7) is 8.13. The molecule has 1 aromatic rings. The molecule has 6 heteroatoms. The second-order valence-electron chi connectivity index (χ2n) is 7.36. The average Bonchev–Trinajstić information content (AvgIpc) is 3.03. The van der Waals surface area contributed by atoms with Gasteiger partial charge in [-0.2, -0.15) is 5.10 Å². The maximum absolute atomic E-state index is 11.5. The van der Waals surface area contributed by atoms with E-state index in [1.807, 2.05) is 13.1 Å². The molecule has 0 aliphatic carbocycles. The summed E-state index contributed by atoms with van der Waals surface area (Å²) in [5.74, 6) is -0.284. The summed E-state index contributed by atoms with van der Waals surface area (Å²) in [6, 6.07) is 0. The van der Waals surface area contributed by atoms with E-state index < -0.39 is 0 Å². The molecule has 2 atom stereocenters. The van der Waals surface area contributed by atoms with E-state index in [-0.39, 0.29) is 23.2 Å². The van der Waals surface area contributed by atoms with Crippen molar-refractivity contribution in [2.24, 2.45) is 5.73 Å². The van der Waals surface area contributed by atoms with Crippen LogP contribution in [0, 0.1) is 6.92 Å². The van der Waals surface area contributed by atoms with Crippen LogP contribution in [-0.2, 0) is 16.1 Å². The minimum atomic E-state index is -0.284. The summed E-state index contributed by atoms with van der Waals surface area (Å²) >= 11 is 0. The van der Waals surface area contributed by atoms with Crippen molar-refractivity contribution in [3.05, 3.63) is 17.5 Å². The zero-order valence-corrected chi connectivity index (χ0v) is 13.7. The number of hydrogen-bond acceptors (Lipinski definition) is 4. The zero-order valence-electron chi connectivity index (χ0n) is 13.7. The molecule has 1 spiro atoms. The summed E-state index contributed by atoms with van der Waals surface area (Å²) in [6.07, 6.45) is 5.20. The number of aryl methyl sites for hydroxylation is 1. The molecule has 3 N–H and O–H groups in total. The number of aromatic amines is 1. The molecule has 0 aromatic carbocycles. The average molecular weight is 306 g/mol. The number of carbonyl (C=O) groups excluding carboxylic acids is 1. The van der Waals surface area contributed by atoms with Crippen LogP contribution < -0.4 is 5.73 Å². The molecule has 1 aromatic heterocycles. The number of carbonyl (C=O) groups is 1. The van der Waals surface area contributed by atoms with Crippen molar-refractivity contribution in [3.8, 4) is 0 Å². The first-order valence-electron chi connectivity index (χ1n) is 8.02. The highest BCUT2D eigenvalue weighted by atomic mass is 16.5. The van der Waals surface area contributed by atoms with E-state index in [1.165, 1.54) is 5.56 Å². The molecule has 2 saturated heterocycles. The maximum atomic E-state index is 11.5. The van der Waals surface area contributed by atoms with E-state index >= 15 is 0 Å². The Labute approximate surface area is 131 Å². The van der Waals surface area contributed by atoms with E-state index in [0.29, 0.717) is 6.42 Å². The molecule has 6 nitrogen and oxygen atoms in total. The fourth-order valence-corrected chi connectivity index (χ4v) is 4.30. The van der Waals surface area contributed by atoms with E-state index in [4.69, 9.17) is 10.5 Å². The van der Waals surface area contributed by atoms with Crippen molar-refractivity contribution >= 4 is 5.91 Å². The lowest BCUT2D eigenvalue weighted by Gasteiger charge is -2.38. The summed E-state index contributed by atoms with van der Waals surface area (Å²) in [7, 11) is 0. The van der Waals surface area contributed by atoms with Gasteiger partial charge in [0.05, 0.1) is 29.9 Å². The smallest absolute Gasteiger partial charge is 0.220 e. The van der Waals surface area contributed by atoms with Gasteiger partial charge in [0, 0.05) is 17.8 Å². The van der Waals surface area contributed by atoms with Crippen LogP contribution in [0.1, 0.15) is 50.8 Å². The minimum Gasteiger partial charge on any atom is -0.370 e. The van der Waals surface area contributed by atoms with Crippen LogP contribution in [0.5, 0.6) is 0 Å². The topological polar surface area (TPSA) is 84.2 Å². The van der Waals surface area contributed by atoms with Gasteiger partial charge in [-0.15, -0.1) is 0 Å². The number of nitrogens with one attached hydrogen (secondary N) is 1. The Hall–Kier alpha value is -1.40. The van der Waals surface area contributed by atoms with Crippen LogP contribution in [0.15, 0.2) is 6.20 Å². The number of likely N-dealkylation sites (tertiary alicyclic amines) is 1. The lowest BCUT2D eigenvalue weighted by molar-refractivity contribution is -0.123. The number of nitrogens with zero attached hydrogens (tertiary/aromatic N) is 2. The Morgan fingerprint density at radius 1 is 1.59 bits per heavy atom. The van der Waals surface area contributed by atoms with Crippen molar-refractivity contribution in [1.29, 1.82) is 0 Å². The summed E-state index contributed by atoms with van der Waals surface area (Å²) in [5, 5.41) is 7.12. The van der Waals surface area contributed by atoms with Crippen molar-refractivity contribution in [3.63, 3.8) is 0 Å². The van der Waals surface area contributed by atoms with E-state index in [1.54, 1.807) is 0 Å². The van der Waals surface area contributed by atoms with Crippen LogP contribution >= 0.6 is 0 Å². The van der Waals surface area contributed by atoms with Gasteiger partial charge in [-0.05, 0) is 46.6 Å².